The van der Waals surface area contributed by atoms with Crippen LogP contribution in [-0.4, -0.2) is 9.97 Å². The van der Waals surface area contributed by atoms with Crippen LogP contribution in [0, 0.1) is 13.8 Å². The highest BCUT2D eigenvalue weighted by Crippen LogP contribution is 2.24. The predicted octanol–water partition coefficient (Wildman–Crippen LogP) is 2.54. The molecule has 3 nitrogen and oxygen atoms in total. The lowest BCUT2D eigenvalue weighted by atomic mass is 10.0. The molecule has 0 saturated heterocycles. The molecule has 0 amide bonds. The largest absolute Gasteiger partial charge is 0.306 e. The summed E-state index contributed by atoms with van der Waals surface area (Å²) in [4.78, 5) is 19.6. The lowest BCUT2D eigenvalue weighted by Gasteiger charge is -2.09. The number of H-pyrrole nitrogens is 1. The molecule has 1 heterocycles. The molecule has 0 fully saturated rings. The highest BCUT2D eigenvalue weighted by atomic mass is 16.1. The summed E-state index contributed by atoms with van der Waals surface area (Å²) in [6.07, 6.45) is 2.84. The van der Waals surface area contributed by atoms with Crippen LogP contribution in [0.25, 0.3) is 11.4 Å². The normalized spacial score (nSPS) is 13.7. The van der Waals surface area contributed by atoms with Gasteiger partial charge < -0.3 is 4.98 Å². The standard InChI is InChI=1S/C15H16N2O/c1-9-5-3-6-11(10(9)2)14-16-13-8-4-7-12(13)15(18)17-14/h3,5-6H,4,7-8H2,1-2H3,(H,16,17,18). The van der Waals surface area contributed by atoms with Gasteiger partial charge in [-0.25, -0.2) is 4.98 Å². The highest BCUT2D eigenvalue weighted by molar-refractivity contribution is 5.62. The Labute approximate surface area is 106 Å². The van der Waals surface area contributed by atoms with E-state index in [2.05, 4.69) is 29.9 Å². The molecule has 0 aliphatic heterocycles. The zero-order chi connectivity index (χ0) is 12.7. The van der Waals surface area contributed by atoms with Crippen LogP contribution in [0.1, 0.15) is 28.8 Å². The van der Waals surface area contributed by atoms with Gasteiger partial charge in [0.05, 0.1) is 5.69 Å². The Morgan fingerprint density at radius 2 is 2.06 bits per heavy atom. The van der Waals surface area contributed by atoms with Crippen LogP contribution in [0.4, 0.5) is 0 Å². The first-order chi connectivity index (χ1) is 8.66. The molecule has 3 rings (SSSR count). The Bertz CT molecular complexity index is 671. The van der Waals surface area contributed by atoms with Gasteiger partial charge in [0.25, 0.3) is 5.56 Å². The van der Waals surface area contributed by atoms with Crippen LogP contribution in [0.5, 0.6) is 0 Å². The summed E-state index contributed by atoms with van der Waals surface area (Å²) in [5.41, 5.74) is 5.32. The SMILES string of the molecule is Cc1cccc(-c2nc3c(c(=O)[nH]2)CCC3)c1C. The van der Waals surface area contributed by atoms with Crippen LogP contribution in [-0.2, 0) is 12.8 Å². The number of hydrogen-bond donors (Lipinski definition) is 1. The number of aryl methyl sites for hydroxylation is 2. The molecule has 0 atom stereocenters. The van der Waals surface area contributed by atoms with Crippen molar-refractivity contribution in [3.8, 4) is 11.4 Å². The first-order valence-corrected chi connectivity index (χ1v) is 6.35. The van der Waals surface area contributed by atoms with Crippen molar-refractivity contribution in [2.75, 3.05) is 0 Å². The van der Waals surface area contributed by atoms with Crippen LogP contribution in [0.3, 0.4) is 0 Å². The molecule has 1 aromatic carbocycles. The van der Waals surface area contributed by atoms with Crippen molar-refractivity contribution in [2.45, 2.75) is 33.1 Å². The third-order valence-electron chi connectivity index (χ3n) is 3.80. The van der Waals surface area contributed by atoms with Gasteiger partial charge in [0.15, 0.2) is 0 Å². The molecular weight excluding hydrogens is 224 g/mol. The fourth-order valence-electron chi connectivity index (χ4n) is 2.58. The van der Waals surface area contributed by atoms with E-state index in [1.165, 1.54) is 11.1 Å². The molecule has 3 heteroatoms. The quantitative estimate of drug-likeness (QED) is 0.832. The summed E-state index contributed by atoms with van der Waals surface area (Å²) in [7, 11) is 0. The fourth-order valence-corrected chi connectivity index (χ4v) is 2.58. The predicted molar refractivity (Wildman–Crippen MR) is 71.8 cm³/mol. The van der Waals surface area contributed by atoms with Crippen molar-refractivity contribution in [1.29, 1.82) is 0 Å². The highest BCUT2D eigenvalue weighted by Gasteiger charge is 2.18. The summed E-state index contributed by atoms with van der Waals surface area (Å²) < 4.78 is 0. The van der Waals surface area contributed by atoms with Crippen molar-refractivity contribution < 1.29 is 0 Å². The summed E-state index contributed by atoms with van der Waals surface area (Å²) in [6, 6.07) is 6.09. The fraction of sp³-hybridized carbons (Fsp3) is 0.333. The van der Waals surface area contributed by atoms with E-state index in [0.717, 1.165) is 36.1 Å². The summed E-state index contributed by atoms with van der Waals surface area (Å²) >= 11 is 0. The van der Waals surface area contributed by atoms with E-state index in [4.69, 9.17) is 0 Å². The molecule has 0 radical (unpaired) electrons. The molecule has 1 aliphatic rings. The van der Waals surface area contributed by atoms with Crippen LogP contribution in [0.2, 0.25) is 0 Å². The van der Waals surface area contributed by atoms with Gasteiger partial charge in [-0.05, 0) is 44.2 Å². The van der Waals surface area contributed by atoms with Gasteiger partial charge in [-0.1, -0.05) is 18.2 Å². The van der Waals surface area contributed by atoms with Gasteiger partial charge in [0.2, 0.25) is 0 Å². The number of nitrogens with one attached hydrogen (secondary N) is 1. The summed E-state index contributed by atoms with van der Waals surface area (Å²) in [5.74, 6) is 0.710. The van der Waals surface area contributed by atoms with Crippen molar-refractivity contribution in [3.63, 3.8) is 0 Å². The Morgan fingerprint density at radius 1 is 1.22 bits per heavy atom. The molecule has 0 unspecified atom stereocenters. The van der Waals surface area contributed by atoms with Crippen molar-refractivity contribution in [3.05, 3.63) is 50.9 Å². The maximum absolute atomic E-state index is 12.0. The molecule has 1 aliphatic carbocycles. The van der Waals surface area contributed by atoms with Gasteiger partial charge in [-0.2, -0.15) is 0 Å². The maximum Gasteiger partial charge on any atom is 0.254 e. The van der Waals surface area contributed by atoms with Crippen molar-refractivity contribution in [1.82, 2.24) is 9.97 Å². The van der Waals surface area contributed by atoms with E-state index in [1.54, 1.807) is 0 Å². The van der Waals surface area contributed by atoms with E-state index in [0.29, 0.717) is 5.82 Å². The summed E-state index contributed by atoms with van der Waals surface area (Å²) in [6.45, 7) is 4.14. The van der Waals surface area contributed by atoms with Gasteiger partial charge in [-0.3, -0.25) is 4.79 Å². The molecule has 1 N–H and O–H groups in total. The summed E-state index contributed by atoms with van der Waals surface area (Å²) in [5, 5.41) is 0. The van der Waals surface area contributed by atoms with Gasteiger partial charge >= 0.3 is 0 Å². The van der Waals surface area contributed by atoms with Gasteiger partial charge in [0, 0.05) is 11.1 Å². The minimum Gasteiger partial charge on any atom is -0.306 e. The lowest BCUT2D eigenvalue weighted by Crippen LogP contribution is -2.15. The third kappa shape index (κ3) is 1.67. The zero-order valence-corrected chi connectivity index (χ0v) is 10.7. The Morgan fingerprint density at radius 3 is 2.89 bits per heavy atom. The van der Waals surface area contributed by atoms with Crippen molar-refractivity contribution >= 4 is 0 Å². The van der Waals surface area contributed by atoms with Crippen LogP contribution in [0.15, 0.2) is 23.0 Å². The van der Waals surface area contributed by atoms with Crippen LogP contribution >= 0.6 is 0 Å². The number of hydrogen-bond acceptors (Lipinski definition) is 2. The van der Waals surface area contributed by atoms with E-state index in [-0.39, 0.29) is 5.56 Å². The molecular formula is C15H16N2O. The zero-order valence-electron chi connectivity index (χ0n) is 10.7. The number of aromatic amines is 1. The van der Waals surface area contributed by atoms with Crippen molar-refractivity contribution in [2.24, 2.45) is 0 Å². The van der Waals surface area contributed by atoms with E-state index < -0.39 is 0 Å². The van der Waals surface area contributed by atoms with Crippen LogP contribution < -0.4 is 5.56 Å². The monoisotopic (exact) mass is 240 g/mol. The minimum atomic E-state index is 0.0356. The Kier molecular flexibility index (Phi) is 2.54. The van der Waals surface area contributed by atoms with Gasteiger partial charge in [-0.15, -0.1) is 0 Å². The number of benzene rings is 1. The first-order valence-electron chi connectivity index (χ1n) is 6.35. The first kappa shape index (κ1) is 11.2. The average molecular weight is 240 g/mol. The molecule has 2 aromatic rings. The van der Waals surface area contributed by atoms with Gasteiger partial charge in [0.1, 0.15) is 5.82 Å². The molecule has 0 saturated carbocycles. The molecule has 0 spiro atoms. The number of rotatable bonds is 1. The molecule has 92 valence electrons. The molecule has 0 bridgehead atoms. The third-order valence-corrected chi connectivity index (χ3v) is 3.80. The Hall–Kier alpha value is -1.90. The second-order valence-corrected chi connectivity index (χ2v) is 4.94. The Balaban J connectivity index is 2.21. The maximum atomic E-state index is 12.0. The number of aromatic nitrogens is 2. The average Bonchev–Trinajstić information content (AvgIpc) is 2.81. The number of fused-ring (bicyclic) bond motifs is 1. The number of nitrogens with zero attached hydrogens (tertiary/aromatic N) is 1. The molecule has 18 heavy (non-hydrogen) atoms. The second kappa shape index (κ2) is 4.09. The molecule has 1 aromatic heterocycles. The van der Waals surface area contributed by atoms with E-state index >= 15 is 0 Å². The lowest BCUT2D eigenvalue weighted by molar-refractivity contribution is 0.899. The minimum absolute atomic E-state index is 0.0356. The van der Waals surface area contributed by atoms with E-state index in [1.807, 2.05) is 12.1 Å². The second-order valence-electron chi connectivity index (χ2n) is 4.94. The van der Waals surface area contributed by atoms with E-state index in [9.17, 15) is 4.79 Å². The topological polar surface area (TPSA) is 45.8 Å². The smallest absolute Gasteiger partial charge is 0.254 e.